The van der Waals surface area contributed by atoms with Crippen LogP contribution in [0.4, 0.5) is 0 Å². The monoisotopic (exact) mass is 283 g/mol. The molecule has 0 N–H and O–H groups in total. The Morgan fingerprint density at radius 1 is 1.10 bits per heavy atom. The SMILES string of the molecule is CC(C)=CCC/C(C)=C/CO/N=C/C=C/c1ccccc1. The minimum Gasteiger partial charge on any atom is -0.392 e. The van der Waals surface area contributed by atoms with Gasteiger partial charge in [0.1, 0.15) is 6.61 Å². The molecule has 0 radical (unpaired) electrons. The average Bonchev–Trinajstić information content (AvgIpc) is 2.47. The van der Waals surface area contributed by atoms with Crippen LogP contribution >= 0.6 is 0 Å². The summed E-state index contributed by atoms with van der Waals surface area (Å²) in [5, 5.41) is 3.90. The van der Waals surface area contributed by atoms with Crippen LogP contribution in [0.1, 0.15) is 39.2 Å². The predicted octanol–water partition coefficient (Wildman–Crippen LogP) is 5.39. The molecule has 0 aliphatic rings. The molecule has 2 nitrogen and oxygen atoms in total. The van der Waals surface area contributed by atoms with Crippen molar-refractivity contribution in [1.82, 2.24) is 0 Å². The number of oxime groups is 1. The van der Waals surface area contributed by atoms with E-state index in [0.29, 0.717) is 6.61 Å². The van der Waals surface area contributed by atoms with E-state index in [1.807, 2.05) is 42.5 Å². The molecule has 1 aromatic carbocycles. The maximum absolute atomic E-state index is 5.20. The maximum atomic E-state index is 5.20. The van der Waals surface area contributed by atoms with Gasteiger partial charge in [0, 0.05) is 0 Å². The van der Waals surface area contributed by atoms with Crippen molar-refractivity contribution in [2.45, 2.75) is 33.6 Å². The van der Waals surface area contributed by atoms with E-state index >= 15 is 0 Å². The van der Waals surface area contributed by atoms with E-state index < -0.39 is 0 Å². The van der Waals surface area contributed by atoms with Crippen LogP contribution < -0.4 is 0 Å². The summed E-state index contributed by atoms with van der Waals surface area (Å²) in [6.45, 7) is 6.90. The van der Waals surface area contributed by atoms with Crippen LogP contribution in [0, 0.1) is 0 Å². The van der Waals surface area contributed by atoms with Crippen molar-refractivity contribution >= 4 is 12.3 Å². The fraction of sp³-hybridized carbons (Fsp3) is 0.316. The third kappa shape index (κ3) is 9.44. The Morgan fingerprint density at radius 2 is 1.86 bits per heavy atom. The predicted molar refractivity (Wildman–Crippen MR) is 92.3 cm³/mol. The summed E-state index contributed by atoms with van der Waals surface area (Å²) >= 11 is 0. The van der Waals surface area contributed by atoms with Gasteiger partial charge in [-0.1, -0.05) is 58.8 Å². The Morgan fingerprint density at radius 3 is 2.57 bits per heavy atom. The molecule has 0 aliphatic carbocycles. The Hall–Kier alpha value is -2.09. The molecule has 112 valence electrons. The fourth-order valence-electron chi connectivity index (χ4n) is 1.71. The first kappa shape index (κ1) is 17.0. The number of hydrogen-bond acceptors (Lipinski definition) is 2. The molecule has 0 atom stereocenters. The minimum absolute atomic E-state index is 0.524. The number of benzene rings is 1. The first-order valence-corrected chi connectivity index (χ1v) is 7.34. The summed E-state index contributed by atoms with van der Waals surface area (Å²) < 4.78 is 0. The lowest BCUT2D eigenvalue weighted by Crippen LogP contribution is -1.85. The normalized spacial score (nSPS) is 12.0. The van der Waals surface area contributed by atoms with Gasteiger partial charge in [0.25, 0.3) is 0 Å². The molecule has 1 rings (SSSR count). The van der Waals surface area contributed by atoms with Gasteiger partial charge < -0.3 is 4.84 Å². The van der Waals surface area contributed by atoms with Gasteiger partial charge in [0.05, 0.1) is 6.21 Å². The van der Waals surface area contributed by atoms with E-state index in [2.05, 4.69) is 38.1 Å². The number of allylic oxidation sites excluding steroid dienone is 4. The molecule has 0 saturated carbocycles. The summed E-state index contributed by atoms with van der Waals surface area (Å²) in [5.41, 5.74) is 3.86. The molecule has 0 unspecified atom stereocenters. The van der Waals surface area contributed by atoms with Crippen molar-refractivity contribution in [3.05, 3.63) is 65.3 Å². The summed E-state index contributed by atoms with van der Waals surface area (Å²) in [6, 6.07) is 10.1. The minimum atomic E-state index is 0.524. The van der Waals surface area contributed by atoms with Gasteiger partial charge in [0.15, 0.2) is 0 Å². The third-order valence-electron chi connectivity index (χ3n) is 2.91. The zero-order chi connectivity index (χ0) is 15.3. The van der Waals surface area contributed by atoms with Crippen molar-refractivity contribution in [2.24, 2.45) is 5.16 Å². The second-order valence-electron chi connectivity index (χ2n) is 5.19. The highest BCUT2D eigenvalue weighted by molar-refractivity contribution is 5.77. The van der Waals surface area contributed by atoms with Crippen molar-refractivity contribution in [3.8, 4) is 0 Å². The third-order valence-corrected chi connectivity index (χ3v) is 2.91. The summed E-state index contributed by atoms with van der Waals surface area (Å²) in [7, 11) is 0. The van der Waals surface area contributed by atoms with Crippen LogP contribution in [0.5, 0.6) is 0 Å². The van der Waals surface area contributed by atoms with Gasteiger partial charge in [-0.25, -0.2) is 0 Å². The lowest BCUT2D eigenvalue weighted by molar-refractivity contribution is 0.176. The van der Waals surface area contributed by atoms with Gasteiger partial charge >= 0.3 is 0 Å². The van der Waals surface area contributed by atoms with Crippen molar-refractivity contribution < 1.29 is 4.84 Å². The van der Waals surface area contributed by atoms with Gasteiger partial charge in [-0.05, 0) is 51.3 Å². The number of nitrogens with zero attached hydrogens (tertiary/aromatic N) is 1. The maximum Gasteiger partial charge on any atom is 0.135 e. The number of hydrogen-bond donors (Lipinski definition) is 0. The smallest absolute Gasteiger partial charge is 0.135 e. The van der Waals surface area contributed by atoms with E-state index in [9.17, 15) is 0 Å². The van der Waals surface area contributed by atoms with Crippen LogP contribution in [0.15, 0.2) is 64.9 Å². The van der Waals surface area contributed by atoms with Gasteiger partial charge in [-0.3, -0.25) is 0 Å². The molecule has 0 bridgehead atoms. The Labute approximate surface area is 128 Å². The molecule has 0 amide bonds. The highest BCUT2D eigenvalue weighted by atomic mass is 16.6. The highest BCUT2D eigenvalue weighted by Crippen LogP contribution is 2.06. The molecule has 0 aromatic heterocycles. The Bertz CT molecular complexity index is 506. The average molecular weight is 283 g/mol. The Balaban J connectivity index is 2.19. The van der Waals surface area contributed by atoms with Gasteiger partial charge in [0.2, 0.25) is 0 Å². The number of rotatable bonds is 8. The molecular formula is C19H25NO. The zero-order valence-electron chi connectivity index (χ0n) is 13.3. The lowest BCUT2D eigenvalue weighted by atomic mass is 10.1. The lowest BCUT2D eigenvalue weighted by Gasteiger charge is -1.98. The van der Waals surface area contributed by atoms with Crippen LogP contribution in [-0.2, 0) is 4.84 Å². The zero-order valence-corrected chi connectivity index (χ0v) is 13.3. The molecule has 0 saturated heterocycles. The van der Waals surface area contributed by atoms with Crippen LogP contribution in [0.25, 0.3) is 6.08 Å². The summed E-state index contributed by atoms with van der Waals surface area (Å²) in [6.07, 6.45) is 12.0. The van der Waals surface area contributed by atoms with Crippen molar-refractivity contribution in [2.75, 3.05) is 6.61 Å². The summed E-state index contributed by atoms with van der Waals surface area (Å²) in [4.78, 5) is 5.20. The van der Waals surface area contributed by atoms with Gasteiger partial charge in [-0.2, -0.15) is 0 Å². The first-order chi connectivity index (χ1) is 10.2. The van der Waals surface area contributed by atoms with Crippen LogP contribution in [-0.4, -0.2) is 12.8 Å². The van der Waals surface area contributed by atoms with E-state index in [4.69, 9.17) is 4.84 Å². The quantitative estimate of drug-likeness (QED) is 0.271. The molecule has 0 heterocycles. The summed E-state index contributed by atoms with van der Waals surface area (Å²) in [5.74, 6) is 0. The molecular weight excluding hydrogens is 258 g/mol. The second kappa shape index (κ2) is 10.7. The van der Waals surface area contributed by atoms with Crippen LogP contribution in [0.3, 0.4) is 0 Å². The van der Waals surface area contributed by atoms with Gasteiger partial charge in [-0.15, -0.1) is 0 Å². The van der Waals surface area contributed by atoms with Crippen LogP contribution in [0.2, 0.25) is 0 Å². The molecule has 1 aromatic rings. The standard InChI is InChI=1S/C19H25NO/c1-17(2)9-7-10-18(3)14-16-21-20-15-8-13-19-11-5-4-6-12-19/h4-6,8-9,11-15H,7,10,16H2,1-3H3/b13-8+,18-14+,20-15+. The van der Waals surface area contributed by atoms with E-state index in [1.165, 1.54) is 11.1 Å². The molecule has 2 heteroatoms. The van der Waals surface area contributed by atoms with Crippen molar-refractivity contribution in [1.29, 1.82) is 0 Å². The Kier molecular flexibility index (Phi) is 8.62. The molecule has 0 fully saturated rings. The topological polar surface area (TPSA) is 21.6 Å². The molecule has 0 aliphatic heterocycles. The largest absolute Gasteiger partial charge is 0.392 e. The highest BCUT2D eigenvalue weighted by Gasteiger charge is 1.88. The second-order valence-corrected chi connectivity index (χ2v) is 5.19. The fourth-order valence-corrected chi connectivity index (χ4v) is 1.71. The first-order valence-electron chi connectivity index (χ1n) is 7.34. The molecule has 0 spiro atoms. The van der Waals surface area contributed by atoms with E-state index in [1.54, 1.807) is 6.21 Å². The van der Waals surface area contributed by atoms with Crippen molar-refractivity contribution in [3.63, 3.8) is 0 Å². The van der Waals surface area contributed by atoms with E-state index in [0.717, 1.165) is 18.4 Å². The van der Waals surface area contributed by atoms with E-state index in [-0.39, 0.29) is 0 Å². The molecule has 21 heavy (non-hydrogen) atoms.